The van der Waals surface area contributed by atoms with Gasteiger partial charge in [-0.05, 0) is 24.6 Å². The van der Waals surface area contributed by atoms with Crippen LogP contribution in [0.1, 0.15) is 36.6 Å². The van der Waals surface area contributed by atoms with Crippen molar-refractivity contribution in [2.24, 2.45) is 4.99 Å². The smallest absolute Gasteiger partial charge is 0.308 e. The maximum atomic E-state index is 11.4. The van der Waals surface area contributed by atoms with Gasteiger partial charge in [-0.3, -0.25) is 10.1 Å². The number of nitrogens with zero attached hydrogens (tertiary/aromatic N) is 4. The van der Waals surface area contributed by atoms with E-state index in [1.165, 1.54) is 6.92 Å². The quantitative estimate of drug-likeness (QED) is 0.250. The topological polar surface area (TPSA) is 184 Å². The number of esters is 1. The summed E-state index contributed by atoms with van der Waals surface area (Å²) >= 11 is 0. The van der Waals surface area contributed by atoms with E-state index in [2.05, 4.69) is 20.6 Å². The molecular weight excluding hydrogens is 388 g/mol. The minimum absolute atomic E-state index is 0.0361. The van der Waals surface area contributed by atoms with Crippen LogP contribution >= 0.6 is 0 Å². The number of aliphatic imine (C=N–C) groups is 1. The third-order valence-corrected chi connectivity index (χ3v) is 4.19. The second kappa shape index (κ2) is 8.24. The highest BCUT2D eigenvalue weighted by Gasteiger charge is 2.30. The Labute approximate surface area is 171 Å². The highest BCUT2D eigenvalue weighted by atomic mass is 16.6. The zero-order chi connectivity index (χ0) is 21.8. The first-order valence-corrected chi connectivity index (χ1v) is 8.83. The molecule has 30 heavy (non-hydrogen) atoms. The molecule has 0 radical (unpaired) electrons. The van der Waals surface area contributed by atoms with Crippen molar-refractivity contribution in [3.63, 3.8) is 0 Å². The Morgan fingerprint density at radius 2 is 2.10 bits per heavy atom. The lowest BCUT2D eigenvalue weighted by atomic mass is 9.95. The van der Waals surface area contributed by atoms with Crippen LogP contribution in [0.2, 0.25) is 0 Å². The van der Waals surface area contributed by atoms with Crippen LogP contribution in [0, 0.1) is 22.8 Å². The highest BCUT2D eigenvalue weighted by molar-refractivity contribution is 5.98. The Bertz CT molecular complexity index is 1130. The lowest BCUT2D eigenvalue weighted by molar-refractivity contribution is -0.132. The zero-order valence-corrected chi connectivity index (χ0v) is 16.2. The molecule has 0 saturated carbocycles. The summed E-state index contributed by atoms with van der Waals surface area (Å²) in [6, 6.07) is 6.11. The minimum atomic E-state index is -0.733. The van der Waals surface area contributed by atoms with Crippen molar-refractivity contribution >= 4 is 29.3 Å². The third kappa shape index (κ3) is 3.72. The number of pyridine rings is 1. The summed E-state index contributed by atoms with van der Waals surface area (Å²) < 4.78 is 10.8. The summed E-state index contributed by atoms with van der Waals surface area (Å²) in [6.07, 6.45) is 1.79. The molecule has 11 nitrogen and oxygen atoms in total. The fourth-order valence-corrected chi connectivity index (χ4v) is 3.02. The first-order valence-electron chi connectivity index (χ1n) is 8.83. The highest BCUT2D eigenvalue weighted by Crippen LogP contribution is 2.42. The second-order valence-corrected chi connectivity index (χ2v) is 6.13. The SMILES string of the molecule is CCOc1cc(C2N=C(NC#N)Nc3nc(N)c(C#N)c(N)c32)ccc1OC(C)=O. The number of carbonyl (C=O) groups excluding carboxylic acids is 1. The molecule has 0 spiro atoms. The van der Waals surface area contributed by atoms with Crippen LogP contribution in [0.5, 0.6) is 11.5 Å². The lowest BCUT2D eigenvalue weighted by Gasteiger charge is -2.26. The molecule has 1 atom stereocenters. The molecule has 2 heterocycles. The van der Waals surface area contributed by atoms with E-state index in [1.807, 2.05) is 6.07 Å². The second-order valence-electron chi connectivity index (χ2n) is 6.13. The van der Waals surface area contributed by atoms with Crippen molar-refractivity contribution in [2.75, 3.05) is 23.4 Å². The van der Waals surface area contributed by atoms with Gasteiger partial charge in [0.1, 0.15) is 29.3 Å². The van der Waals surface area contributed by atoms with Crippen LogP contribution in [0.25, 0.3) is 0 Å². The molecule has 1 aliphatic rings. The van der Waals surface area contributed by atoms with Crippen molar-refractivity contribution in [1.29, 1.82) is 10.5 Å². The van der Waals surface area contributed by atoms with Crippen molar-refractivity contribution in [3.05, 3.63) is 34.9 Å². The Morgan fingerprint density at radius 3 is 2.73 bits per heavy atom. The molecule has 3 rings (SSSR count). The number of hydrogen-bond acceptors (Lipinski definition) is 11. The summed E-state index contributed by atoms with van der Waals surface area (Å²) in [5.74, 6) is 0.452. The standard InChI is InChI=1S/C19H18N8O3/c1-3-29-13-6-10(4-5-12(13)30-9(2)28)16-14-15(22)11(7-20)17(23)26-18(14)27-19(25-16)24-8-21/h4-6,16H,3H2,1-2H3,(H6,22,23,24,25,26,27). The summed E-state index contributed by atoms with van der Waals surface area (Å²) in [5, 5.41) is 23.7. The molecular formula is C19H18N8O3. The summed E-state index contributed by atoms with van der Waals surface area (Å²) in [7, 11) is 0. The Morgan fingerprint density at radius 1 is 1.33 bits per heavy atom. The normalized spacial score (nSPS) is 14.3. The predicted octanol–water partition coefficient (Wildman–Crippen LogP) is 1.38. The van der Waals surface area contributed by atoms with Crippen LogP contribution in [0.15, 0.2) is 23.2 Å². The Kier molecular flexibility index (Phi) is 5.56. The third-order valence-electron chi connectivity index (χ3n) is 4.19. The molecule has 1 aliphatic heterocycles. The molecule has 6 N–H and O–H groups in total. The first-order chi connectivity index (χ1) is 14.4. The van der Waals surface area contributed by atoms with Crippen molar-refractivity contribution < 1.29 is 14.3 Å². The number of nitrogens with one attached hydrogen (secondary N) is 2. The maximum absolute atomic E-state index is 11.4. The summed E-state index contributed by atoms with van der Waals surface area (Å²) in [4.78, 5) is 20.0. The van der Waals surface area contributed by atoms with Gasteiger partial charge in [-0.25, -0.2) is 9.98 Å². The van der Waals surface area contributed by atoms with Crippen LogP contribution in [0.4, 0.5) is 17.3 Å². The molecule has 1 aromatic carbocycles. The number of aromatic nitrogens is 1. The van der Waals surface area contributed by atoms with Gasteiger partial charge in [-0.1, -0.05) is 6.07 Å². The van der Waals surface area contributed by atoms with Crippen molar-refractivity contribution in [2.45, 2.75) is 19.9 Å². The van der Waals surface area contributed by atoms with Crippen LogP contribution in [-0.4, -0.2) is 23.5 Å². The van der Waals surface area contributed by atoms with Gasteiger partial charge < -0.3 is 26.3 Å². The molecule has 0 saturated heterocycles. The number of nitriles is 2. The number of guanidine groups is 1. The van der Waals surface area contributed by atoms with E-state index in [0.717, 1.165) is 0 Å². The van der Waals surface area contributed by atoms with Crippen LogP contribution in [-0.2, 0) is 4.79 Å². The van der Waals surface area contributed by atoms with E-state index < -0.39 is 12.0 Å². The van der Waals surface area contributed by atoms with Crippen LogP contribution < -0.4 is 31.6 Å². The first kappa shape index (κ1) is 20.2. The number of nitrogens with two attached hydrogens (primary N) is 2. The van der Waals surface area contributed by atoms with E-state index in [-0.39, 0.29) is 34.6 Å². The molecule has 11 heteroatoms. The number of carbonyl (C=O) groups is 1. The summed E-state index contributed by atoms with van der Waals surface area (Å²) in [6.45, 7) is 3.42. The van der Waals surface area contributed by atoms with Gasteiger partial charge in [0.25, 0.3) is 0 Å². The van der Waals surface area contributed by atoms with Gasteiger partial charge in [0.2, 0.25) is 5.96 Å². The maximum Gasteiger partial charge on any atom is 0.308 e. The van der Waals surface area contributed by atoms with Gasteiger partial charge in [0, 0.05) is 12.5 Å². The number of fused-ring (bicyclic) bond motifs is 1. The van der Waals surface area contributed by atoms with Gasteiger partial charge in [-0.2, -0.15) is 10.5 Å². The van der Waals surface area contributed by atoms with E-state index >= 15 is 0 Å². The largest absolute Gasteiger partial charge is 0.490 e. The van der Waals surface area contributed by atoms with Crippen molar-refractivity contribution in [3.8, 4) is 23.8 Å². The van der Waals surface area contributed by atoms with E-state index in [9.17, 15) is 10.1 Å². The molecule has 1 aromatic heterocycles. The predicted molar refractivity (Wildman–Crippen MR) is 108 cm³/mol. The molecule has 152 valence electrons. The molecule has 0 fully saturated rings. The Balaban J connectivity index is 2.20. The van der Waals surface area contributed by atoms with Crippen molar-refractivity contribution in [1.82, 2.24) is 10.3 Å². The lowest BCUT2D eigenvalue weighted by Crippen LogP contribution is -2.32. The number of nitrogen functional groups attached to an aromatic ring is 2. The van der Waals surface area contributed by atoms with Gasteiger partial charge in [0.05, 0.1) is 12.3 Å². The minimum Gasteiger partial charge on any atom is -0.490 e. The average molecular weight is 406 g/mol. The van der Waals surface area contributed by atoms with E-state index in [4.69, 9.17) is 26.2 Å². The molecule has 0 aliphatic carbocycles. The molecule has 0 amide bonds. The van der Waals surface area contributed by atoms with Gasteiger partial charge in [0.15, 0.2) is 17.7 Å². The summed E-state index contributed by atoms with van der Waals surface area (Å²) in [5.41, 5.74) is 13.3. The molecule has 2 aromatic rings. The van der Waals surface area contributed by atoms with E-state index in [1.54, 1.807) is 31.3 Å². The van der Waals surface area contributed by atoms with E-state index in [0.29, 0.717) is 23.5 Å². The zero-order valence-electron chi connectivity index (χ0n) is 16.2. The van der Waals surface area contributed by atoms with Gasteiger partial charge in [-0.15, -0.1) is 0 Å². The number of anilines is 3. The Hall–Kier alpha value is -4.51. The fourth-order valence-electron chi connectivity index (χ4n) is 3.02. The van der Waals surface area contributed by atoms with Gasteiger partial charge >= 0.3 is 5.97 Å². The number of rotatable bonds is 4. The monoisotopic (exact) mass is 406 g/mol. The fraction of sp³-hybridized carbons (Fsp3) is 0.211. The van der Waals surface area contributed by atoms with Crippen LogP contribution in [0.3, 0.4) is 0 Å². The number of hydrogen-bond donors (Lipinski definition) is 4. The molecule has 1 unspecified atom stereocenters. The molecule has 0 bridgehead atoms. The number of ether oxygens (including phenoxy) is 2. The number of benzene rings is 1. The average Bonchev–Trinajstić information content (AvgIpc) is 2.69.